The topological polar surface area (TPSA) is 91.1 Å². The Kier molecular flexibility index (Phi) is 7.20. The predicted molar refractivity (Wildman–Crippen MR) is 112 cm³/mol. The first kappa shape index (κ1) is 22.4. The summed E-state index contributed by atoms with van der Waals surface area (Å²) in [6.07, 6.45) is 1.31. The highest BCUT2D eigenvalue weighted by molar-refractivity contribution is 6.30. The first-order chi connectivity index (χ1) is 14.4. The van der Waals surface area contributed by atoms with Gasteiger partial charge in [-0.05, 0) is 52.2 Å². The zero-order valence-corrected chi connectivity index (χ0v) is 18.4. The number of amides is 1. The monoisotopic (exact) mass is 438 g/mol. The Morgan fingerprint density at radius 1 is 1.20 bits per heavy atom. The molecule has 0 aliphatic carbocycles. The molecule has 3 rings (SSSR count). The summed E-state index contributed by atoms with van der Waals surface area (Å²) in [6, 6.07) is 2.90. The third-order valence-electron chi connectivity index (χ3n) is 5.03. The smallest absolute Gasteiger partial charge is 0.414 e. The van der Waals surface area contributed by atoms with Crippen LogP contribution in [-0.4, -0.2) is 48.5 Å². The van der Waals surface area contributed by atoms with Gasteiger partial charge < -0.3 is 18.6 Å². The van der Waals surface area contributed by atoms with Crippen molar-refractivity contribution in [2.45, 2.75) is 65.2 Å². The minimum Gasteiger partial charge on any atom is -0.460 e. The molecule has 0 aromatic carbocycles. The highest BCUT2D eigenvalue weighted by atomic mass is 35.5. The third kappa shape index (κ3) is 4.54. The molecule has 1 fully saturated rings. The first-order valence-corrected chi connectivity index (χ1v) is 10.6. The Morgan fingerprint density at radius 2 is 1.93 bits per heavy atom. The first-order valence-electron chi connectivity index (χ1n) is 10.3. The van der Waals surface area contributed by atoms with Gasteiger partial charge in [0.05, 0.1) is 25.4 Å². The van der Waals surface area contributed by atoms with Crippen molar-refractivity contribution in [3.8, 4) is 0 Å². The van der Waals surface area contributed by atoms with Gasteiger partial charge in [-0.25, -0.2) is 14.6 Å². The summed E-state index contributed by atoms with van der Waals surface area (Å²) < 4.78 is 22.3. The number of hydrogen-bond acceptors (Lipinski definition) is 7. The van der Waals surface area contributed by atoms with Crippen LogP contribution in [0.1, 0.15) is 57.5 Å². The number of anilines is 1. The largest absolute Gasteiger partial charge is 0.460 e. The van der Waals surface area contributed by atoms with E-state index in [4.69, 9.17) is 30.2 Å². The van der Waals surface area contributed by atoms with Gasteiger partial charge in [-0.1, -0.05) is 18.5 Å². The van der Waals surface area contributed by atoms with Gasteiger partial charge in [0, 0.05) is 6.04 Å². The molecule has 164 valence electrons. The fourth-order valence-corrected chi connectivity index (χ4v) is 3.96. The van der Waals surface area contributed by atoms with E-state index in [-0.39, 0.29) is 48.1 Å². The van der Waals surface area contributed by atoms with Crippen molar-refractivity contribution in [3.05, 3.63) is 23.0 Å². The lowest BCUT2D eigenvalue weighted by Crippen LogP contribution is -2.48. The molecule has 2 aromatic heterocycles. The summed E-state index contributed by atoms with van der Waals surface area (Å²) in [5, 5.41) is 0.218. The lowest BCUT2D eigenvalue weighted by atomic mass is 9.96. The average molecular weight is 439 g/mol. The number of carbonyl (C=O) groups excluding carboxylic acids is 2. The van der Waals surface area contributed by atoms with Crippen LogP contribution in [0.2, 0.25) is 5.15 Å². The second kappa shape index (κ2) is 9.66. The average Bonchev–Trinajstić information content (AvgIpc) is 3.07. The highest BCUT2D eigenvalue weighted by Gasteiger charge is 2.39. The molecule has 1 aliphatic rings. The van der Waals surface area contributed by atoms with E-state index in [1.165, 1.54) is 4.90 Å². The van der Waals surface area contributed by atoms with Crippen LogP contribution >= 0.6 is 11.6 Å². The van der Waals surface area contributed by atoms with Crippen LogP contribution in [0.5, 0.6) is 0 Å². The number of esters is 1. The van der Waals surface area contributed by atoms with Crippen molar-refractivity contribution in [2.75, 3.05) is 18.1 Å². The van der Waals surface area contributed by atoms with Crippen LogP contribution in [0.3, 0.4) is 0 Å². The number of rotatable bonds is 6. The third-order valence-corrected chi connectivity index (χ3v) is 5.24. The summed E-state index contributed by atoms with van der Waals surface area (Å²) in [4.78, 5) is 31.6. The van der Waals surface area contributed by atoms with E-state index >= 15 is 0 Å². The maximum absolute atomic E-state index is 13.1. The molecule has 3 heterocycles. The maximum atomic E-state index is 13.1. The van der Waals surface area contributed by atoms with E-state index in [0.717, 1.165) is 6.42 Å². The van der Waals surface area contributed by atoms with Gasteiger partial charge in [0.15, 0.2) is 5.58 Å². The standard InChI is InChI=1S/C21H27ClN2O6/c1-5-14-11-13(10-12(4)29-14)24(21(26)28-7-3)18-17-15(8-9-16(22)23-17)30-19(18)20(25)27-6-2/h8-9,12-14H,5-7,10-11H2,1-4H3. The second-order valence-corrected chi connectivity index (χ2v) is 7.54. The van der Waals surface area contributed by atoms with E-state index in [2.05, 4.69) is 4.98 Å². The summed E-state index contributed by atoms with van der Waals surface area (Å²) in [5.41, 5.74) is 0.864. The number of pyridine rings is 1. The molecule has 0 N–H and O–H groups in total. The van der Waals surface area contributed by atoms with Crippen LogP contribution in [-0.2, 0) is 14.2 Å². The minimum atomic E-state index is -0.678. The normalized spacial score (nSPS) is 21.4. The Balaban J connectivity index is 2.18. The number of furan rings is 1. The van der Waals surface area contributed by atoms with Crippen LogP contribution in [0.4, 0.5) is 10.5 Å². The lowest BCUT2D eigenvalue weighted by Gasteiger charge is -2.39. The number of halogens is 1. The van der Waals surface area contributed by atoms with E-state index < -0.39 is 12.1 Å². The molecule has 1 saturated heterocycles. The van der Waals surface area contributed by atoms with E-state index in [0.29, 0.717) is 23.9 Å². The second-order valence-electron chi connectivity index (χ2n) is 7.15. The van der Waals surface area contributed by atoms with Gasteiger partial charge in [-0.3, -0.25) is 4.90 Å². The highest BCUT2D eigenvalue weighted by Crippen LogP contribution is 2.38. The van der Waals surface area contributed by atoms with Crippen molar-refractivity contribution in [1.29, 1.82) is 0 Å². The summed E-state index contributed by atoms with van der Waals surface area (Å²) >= 11 is 6.12. The Labute approximate surface area is 180 Å². The van der Waals surface area contributed by atoms with Gasteiger partial charge in [0.1, 0.15) is 16.4 Å². The molecular weight excluding hydrogens is 412 g/mol. The fraction of sp³-hybridized carbons (Fsp3) is 0.571. The van der Waals surface area contributed by atoms with Gasteiger partial charge in [-0.15, -0.1) is 0 Å². The van der Waals surface area contributed by atoms with Gasteiger partial charge in [0.2, 0.25) is 5.76 Å². The number of carbonyl (C=O) groups is 2. The molecule has 30 heavy (non-hydrogen) atoms. The van der Waals surface area contributed by atoms with Crippen LogP contribution in [0.15, 0.2) is 16.5 Å². The fourth-order valence-electron chi connectivity index (χ4n) is 3.81. The molecular formula is C21H27ClN2O6. The minimum absolute atomic E-state index is 0.0172. The van der Waals surface area contributed by atoms with Gasteiger partial charge in [0.25, 0.3) is 0 Å². The molecule has 3 unspecified atom stereocenters. The molecule has 8 nitrogen and oxygen atoms in total. The molecule has 0 radical (unpaired) electrons. The van der Waals surface area contributed by atoms with Gasteiger partial charge in [-0.2, -0.15) is 0 Å². The lowest BCUT2D eigenvalue weighted by molar-refractivity contribution is -0.0486. The number of nitrogens with zero attached hydrogens (tertiary/aromatic N) is 2. The molecule has 3 atom stereocenters. The van der Waals surface area contributed by atoms with Crippen molar-refractivity contribution < 1.29 is 28.2 Å². The molecule has 1 amide bonds. The molecule has 0 saturated carbocycles. The summed E-state index contributed by atoms with van der Waals surface area (Å²) in [7, 11) is 0. The molecule has 0 bridgehead atoms. The van der Waals surface area contributed by atoms with Gasteiger partial charge >= 0.3 is 12.1 Å². The number of ether oxygens (including phenoxy) is 3. The SMILES string of the molecule is CCOC(=O)c1oc2ccc(Cl)nc2c1N(C(=O)OCC)C1CC(C)OC(CC)C1. The van der Waals surface area contributed by atoms with Crippen molar-refractivity contribution >= 4 is 40.5 Å². The Hall–Kier alpha value is -2.32. The van der Waals surface area contributed by atoms with E-state index in [1.807, 2.05) is 13.8 Å². The zero-order valence-electron chi connectivity index (χ0n) is 17.6. The maximum Gasteiger partial charge on any atom is 0.414 e. The van der Waals surface area contributed by atoms with E-state index in [9.17, 15) is 9.59 Å². The Morgan fingerprint density at radius 3 is 2.60 bits per heavy atom. The predicted octanol–water partition coefficient (Wildman–Crippen LogP) is 4.97. The molecule has 0 spiro atoms. The zero-order chi connectivity index (χ0) is 21.8. The quantitative estimate of drug-likeness (QED) is 0.464. The molecule has 2 aromatic rings. The summed E-state index contributed by atoms with van der Waals surface area (Å²) in [5.74, 6) is -0.773. The van der Waals surface area contributed by atoms with Crippen molar-refractivity contribution in [2.24, 2.45) is 0 Å². The van der Waals surface area contributed by atoms with Crippen molar-refractivity contribution in [3.63, 3.8) is 0 Å². The van der Waals surface area contributed by atoms with Crippen molar-refractivity contribution in [1.82, 2.24) is 4.98 Å². The number of fused-ring (bicyclic) bond motifs is 1. The Bertz CT molecular complexity index is 914. The number of aromatic nitrogens is 1. The molecule has 9 heteroatoms. The van der Waals surface area contributed by atoms with Crippen LogP contribution in [0, 0.1) is 0 Å². The molecule has 1 aliphatic heterocycles. The summed E-state index contributed by atoms with van der Waals surface area (Å²) in [6.45, 7) is 7.77. The van der Waals surface area contributed by atoms with Crippen LogP contribution in [0.25, 0.3) is 11.1 Å². The number of hydrogen-bond donors (Lipinski definition) is 0. The van der Waals surface area contributed by atoms with E-state index in [1.54, 1.807) is 26.0 Å². The van der Waals surface area contributed by atoms with Crippen LogP contribution < -0.4 is 4.90 Å².